The third-order valence-corrected chi connectivity index (χ3v) is 2.50. The van der Waals surface area contributed by atoms with E-state index < -0.39 is 11.4 Å². The van der Waals surface area contributed by atoms with Crippen LogP contribution in [0.2, 0.25) is 0 Å². The van der Waals surface area contributed by atoms with E-state index in [1.54, 1.807) is 26.0 Å². The Morgan fingerprint density at radius 2 is 2.41 bits per heavy atom. The first-order chi connectivity index (χ1) is 7.98. The highest BCUT2D eigenvalue weighted by molar-refractivity contribution is 5.97. The highest BCUT2D eigenvalue weighted by Crippen LogP contribution is 2.23. The third-order valence-electron chi connectivity index (χ3n) is 2.50. The average molecular weight is 234 g/mol. The Kier molecular flexibility index (Phi) is 4.06. The van der Waals surface area contributed by atoms with E-state index in [0.29, 0.717) is 12.1 Å². The number of carboxylic acid groups (broad SMARTS) is 1. The van der Waals surface area contributed by atoms with Crippen molar-refractivity contribution in [2.24, 2.45) is 15.5 Å². The minimum Gasteiger partial charge on any atom is -0.480 e. The number of carboxylic acids is 1. The molecule has 6 nitrogen and oxygen atoms in total. The maximum Gasteiger partial charge on any atom is 0.317 e. The predicted molar refractivity (Wildman–Crippen MR) is 64.7 cm³/mol. The fourth-order valence-electron chi connectivity index (χ4n) is 1.35. The van der Waals surface area contributed by atoms with E-state index in [9.17, 15) is 4.79 Å². The summed E-state index contributed by atoms with van der Waals surface area (Å²) < 4.78 is 0. The second-order valence-corrected chi connectivity index (χ2v) is 4.12. The smallest absolute Gasteiger partial charge is 0.317 e. The summed E-state index contributed by atoms with van der Waals surface area (Å²) in [5, 5.41) is 12.6. The Morgan fingerprint density at radius 1 is 1.71 bits per heavy atom. The molecule has 1 heterocycles. The standard InChI is InChI=1S/C11H14N4O2/c1-8(14-15-12)7-9-3-4-11(2,10(16)17)5-6-13-9/h3-6,8H,7H2,1-2H3,(H,16,17). The van der Waals surface area contributed by atoms with Crippen molar-refractivity contribution in [3.63, 3.8) is 0 Å². The Balaban J connectivity index is 2.81. The van der Waals surface area contributed by atoms with Crippen LogP contribution in [-0.2, 0) is 4.79 Å². The number of nitrogens with zero attached hydrogens (tertiary/aromatic N) is 4. The summed E-state index contributed by atoms with van der Waals surface area (Å²) in [6.45, 7) is 3.37. The normalized spacial score (nSPS) is 24.5. The molecule has 0 fully saturated rings. The van der Waals surface area contributed by atoms with Gasteiger partial charge in [0.25, 0.3) is 0 Å². The largest absolute Gasteiger partial charge is 0.480 e. The van der Waals surface area contributed by atoms with E-state index in [1.165, 1.54) is 12.3 Å². The van der Waals surface area contributed by atoms with E-state index in [0.717, 1.165) is 0 Å². The zero-order valence-electron chi connectivity index (χ0n) is 9.74. The van der Waals surface area contributed by atoms with Crippen molar-refractivity contribution in [2.45, 2.75) is 26.3 Å². The molecule has 0 aliphatic carbocycles. The minimum absolute atomic E-state index is 0.203. The summed E-state index contributed by atoms with van der Waals surface area (Å²) in [7, 11) is 0. The fraction of sp³-hybridized carbons (Fsp3) is 0.455. The molecule has 0 saturated carbocycles. The van der Waals surface area contributed by atoms with Crippen LogP contribution in [0.3, 0.4) is 0 Å². The van der Waals surface area contributed by atoms with Crippen molar-refractivity contribution < 1.29 is 9.90 Å². The van der Waals surface area contributed by atoms with Crippen LogP contribution in [0.5, 0.6) is 0 Å². The van der Waals surface area contributed by atoms with Crippen molar-refractivity contribution in [1.29, 1.82) is 0 Å². The maximum absolute atomic E-state index is 11.0. The summed E-state index contributed by atoms with van der Waals surface area (Å²) in [6.07, 6.45) is 6.74. The van der Waals surface area contributed by atoms with Gasteiger partial charge in [0.1, 0.15) is 5.41 Å². The summed E-state index contributed by atoms with van der Waals surface area (Å²) in [4.78, 5) is 17.9. The first kappa shape index (κ1) is 13.0. The van der Waals surface area contributed by atoms with E-state index >= 15 is 0 Å². The molecule has 0 spiro atoms. The van der Waals surface area contributed by atoms with Gasteiger partial charge >= 0.3 is 5.97 Å². The van der Waals surface area contributed by atoms with Crippen LogP contribution >= 0.6 is 0 Å². The Bertz CT molecular complexity index is 446. The van der Waals surface area contributed by atoms with Crippen molar-refractivity contribution in [2.75, 3.05) is 0 Å². The van der Waals surface area contributed by atoms with Gasteiger partial charge in [-0.05, 0) is 31.0 Å². The summed E-state index contributed by atoms with van der Waals surface area (Å²) in [5.41, 5.74) is 7.95. The number of aliphatic imine (C=N–C) groups is 1. The molecule has 0 aromatic rings. The molecule has 1 rings (SSSR count). The van der Waals surface area contributed by atoms with Crippen molar-refractivity contribution in [1.82, 2.24) is 0 Å². The Hall–Kier alpha value is -2.07. The van der Waals surface area contributed by atoms with Crippen molar-refractivity contribution >= 4 is 11.7 Å². The molecule has 2 atom stereocenters. The molecule has 0 radical (unpaired) electrons. The van der Waals surface area contributed by atoms with E-state index in [2.05, 4.69) is 15.0 Å². The summed E-state index contributed by atoms with van der Waals surface area (Å²) in [6, 6.07) is -0.203. The zero-order valence-corrected chi connectivity index (χ0v) is 9.74. The van der Waals surface area contributed by atoms with Crippen LogP contribution in [0.25, 0.3) is 10.4 Å². The number of hydrogen-bond acceptors (Lipinski definition) is 3. The topological polar surface area (TPSA) is 98.4 Å². The number of carbonyl (C=O) groups is 1. The molecular weight excluding hydrogens is 220 g/mol. The van der Waals surface area contributed by atoms with Crippen molar-refractivity contribution in [3.05, 3.63) is 34.9 Å². The lowest BCUT2D eigenvalue weighted by molar-refractivity contribution is -0.142. The monoisotopic (exact) mass is 234 g/mol. The first-order valence-electron chi connectivity index (χ1n) is 5.19. The highest BCUT2D eigenvalue weighted by atomic mass is 16.4. The zero-order chi connectivity index (χ0) is 12.9. The van der Waals surface area contributed by atoms with Crippen molar-refractivity contribution in [3.8, 4) is 0 Å². The van der Waals surface area contributed by atoms with Crippen LogP contribution in [0.15, 0.2) is 34.5 Å². The lowest BCUT2D eigenvalue weighted by Gasteiger charge is -2.13. The minimum atomic E-state index is -1.03. The van der Waals surface area contributed by atoms with Gasteiger partial charge in [-0.1, -0.05) is 18.1 Å². The van der Waals surface area contributed by atoms with Gasteiger partial charge in [0, 0.05) is 22.9 Å². The molecule has 0 aromatic carbocycles. The average Bonchev–Trinajstić information content (AvgIpc) is 2.43. The number of rotatable bonds is 4. The maximum atomic E-state index is 11.0. The Morgan fingerprint density at radius 3 is 3.00 bits per heavy atom. The van der Waals surface area contributed by atoms with Crippen LogP contribution in [0.1, 0.15) is 20.3 Å². The van der Waals surface area contributed by atoms with Gasteiger partial charge in [0.15, 0.2) is 0 Å². The number of azide groups is 1. The van der Waals surface area contributed by atoms with Gasteiger partial charge in [-0.25, -0.2) is 0 Å². The van der Waals surface area contributed by atoms with Gasteiger partial charge in [0.2, 0.25) is 0 Å². The molecule has 1 aliphatic rings. The van der Waals surface area contributed by atoms with Gasteiger partial charge in [-0.3, -0.25) is 9.79 Å². The first-order valence-corrected chi connectivity index (χ1v) is 5.19. The molecule has 6 heteroatoms. The molecule has 0 saturated heterocycles. The predicted octanol–water partition coefficient (Wildman–Crippen LogP) is 2.69. The van der Waals surface area contributed by atoms with Crippen LogP contribution < -0.4 is 0 Å². The van der Waals surface area contributed by atoms with Gasteiger partial charge in [-0.2, -0.15) is 0 Å². The molecule has 0 bridgehead atoms. The lowest BCUT2D eigenvalue weighted by Crippen LogP contribution is -2.22. The summed E-state index contributed by atoms with van der Waals surface area (Å²) >= 11 is 0. The van der Waals surface area contributed by atoms with E-state index in [-0.39, 0.29) is 6.04 Å². The SMILES string of the molecule is CC(CC1=NC=CC(C)(C(=O)O)C=C1)N=[N+]=[N-]. The van der Waals surface area contributed by atoms with Gasteiger partial charge in [0.05, 0.1) is 0 Å². The molecule has 17 heavy (non-hydrogen) atoms. The Labute approximate surface area is 99.0 Å². The number of hydrogen-bond donors (Lipinski definition) is 1. The summed E-state index contributed by atoms with van der Waals surface area (Å²) in [5.74, 6) is -0.926. The third kappa shape index (κ3) is 3.46. The van der Waals surface area contributed by atoms with Gasteiger partial charge in [-0.15, -0.1) is 0 Å². The number of aliphatic carboxylic acids is 1. The molecule has 2 unspecified atom stereocenters. The molecule has 1 N–H and O–H groups in total. The van der Waals surface area contributed by atoms with Crippen LogP contribution in [0, 0.1) is 5.41 Å². The molecular formula is C11H14N4O2. The van der Waals surface area contributed by atoms with E-state index in [1.807, 2.05) is 0 Å². The molecule has 1 aliphatic heterocycles. The molecule has 90 valence electrons. The second-order valence-electron chi connectivity index (χ2n) is 4.12. The van der Waals surface area contributed by atoms with Crippen LogP contribution in [0.4, 0.5) is 0 Å². The second kappa shape index (κ2) is 5.32. The van der Waals surface area contributed by atoms with E-state index in [4.69, 9.17) is 10.6 Å². The number of allylic oxidation sites excluding steroid dienone is 1. The van der Waals surface area contributed by atoms with Crippen LogP contribution in [-0.4, -0.2) is 22.8 Å². The quantitative estimate of drug-likeness (QED) is 0.459. The highest BCUT2D eigenvalue weighted by Gasteiger charge is 2.27. The fourth-order valence-corrected chi connectivity index (χ4v) is 1.35. The lowest BCUT2D eigenvalue weighted by atomic mass is 9.90. The van der Waals surface area contributed by atoms with Gasteiger partial charge < -0.3 is 5.11 Å². The molecule has 0 amide bonds. The molecule has 0 aromatic heterocycles.